The minimum atomic E-state index is -1.03. The summed E-state index contributed by atoms with van der Waals surface area (Å²) in [5.41, 5.74) is 0.123. The molecule has 1 unspecified atom stereocenters. The molecule has 21 heavy (non-hydrogen) atoms. The Balaban J connectivity index is 2.64. The van der Waals surface area contributed by atoms with Crippen molar-refractivity contribution >= 4 is 11.9 Å². The van der Waals surface area contributed by atoms with Gasteiger partial charge in [0.15, 0.2) is 0 Å². The Labute approximate surface area is 125 Å². The third-order valence-electron chi connectivity index (χ3n) is 3.07. The maximum Gasteiger partial charge on any atom is 0.352 e. The molecule has 0 saturated carbocycles. The van der Waals surface area contributed by atoms with Gasteiger partial charge in [-0.1, -0.05) is 13.8 Å². The number of aromatic carboxylic acids is 1. The summed E-state index contributed by atoms with van der Waals surface area (Å²) in [5.74, 6) is -0.711. The zero-order valence-corrected chi connectivity index (χ0v) is 13.2. The molecule has 0 aliphatic heterocycles. The second-order valence-electron chi connectivity index (χ2n) is 5.98. The highest BCUT2D eigenvalue weighted by atomic mass is 16.4. The number of rotatable bonds is 8. The van der Waals surface area contributed by atoms with Gasteiger partial charge in [-0.15, -0.1) is 0 Å². The molecule has 0 radical (unpaired) electrons. The molecule has 6 heteroatoms. The Morgan fingerprint density at radius 3 is 2.57 bits per heavy atom. The fourth-order valence-corrected chi connectivity index (χ4v) is 2.36. The summed E-state index contributed by atoms with van der Waals surface area (Å²) < 4.78 is 1.44. The van der Waals surface area contributed by atoms with E-state index in [0.717, 1.165) is 13.0 Å². The molecule has 0 bridgehead atoms. The first-order chi connectivity index (χ1) is 9.79. The predicted octanol–water partition coefficient (Wildman–Crippen LogP) is 1.28. The normalized spacial score (nSPS) is 12.7. The average molecular weight is 295 g/mol. The first kappa shape index (κ1) is 17.2. The maximum absolute atomic E-state index is 12.1. The molecule has 1 atom stereocenters. The molecular formula is C15H25N3O3. The standard InChI is InChI=1S/C15H25N3O3/c1-11(2)8-12(9-17(3)4)16-14(19)10-18-7-5-6-13(18)15(20)21/h5-7,11-12H,8-10H2,1-4H3,(H,16,19)(H,20,21). The fourth-order valence-electron chi connectivity index (χ4n) is 2.36. The van der Waals surface area contributed by atoms with Crippen LogP contribution in [-0.2, 0) is 11.3 Å². The summed E-state index contributed by atoms with van der Waals surface area (Å²) in [6, 6.07) is 3.18. The van der Waals surface area contributed by atoms with Crippen LogP contribution in [0.3, 0.4) is 0 Å². The van der Waals surface area contributed by atoms with E-state index in [1.807, 2.05) is 19.0 Å². The van der Waals surface area contributed by atoms with Crippen LogP contribution in [0.4, 0.5) is 0 Å². The van der Waals surface area contributed by atoms with E-state index in [2.05, 4.69) is 19.2 Å². The van der Waals surface area contributed by atoms with Crippen LogP contribution in [0.25, 0.3) is 0 Å². The molecule has 0 spiro atoms. The molecule has 1 aromatic rings. The lowest BCUT2D eigenvalue weighted by molar-refractivity contribution is -0.122. The van der Waals surface area contributed by atoms with Crippen LogP contribution in [0.15, 0.2) is 18.3 Å². The topological polar surface area (TPSA) is 74.6 Å². The van der Waals surface area contributed by atoms with Crippen LogP contribution >= 0.6 is 0 Å². The van der Waals surface area contributed by atoms with Gasteiger partial charge in [0.1, 0.15) is 12.2 Å². The predicted molar refractivity (Wildman–Crippen MR) is 81.3 cm³/mol. The van der Waals surface area contributed by atoms with Gasteiger partial charge in [0.25, 0.3) is 0 Å². The van der Waals surface area contributed by atoms with Gasteiger partial charge < -0.3 is 19.9 Å². The van der Waals surface area contributed by atoms with Crippen molar-refractivity contribution in [2.24, 2.45) is 5.92 Å². The zero-order chi connectivity index (χ0) is 16.0. The van der Waals surface area contributed by atoms with E-state index in [1.165, 1.54) is 10.6 Å². The van der Waals surface area contributed by atoms with Crippen LogP contribution in [0, 0.1) is 5.92 Å². The highest BCUT2D eigenvalue weighted by molar-refractivity contribution is 5.86. The zero-order valence-electron chi connectivity index (χ0n) is 13.2. The van der Waals surface area contributed by atoms with E-state index in [0.29, 0.717) is 5.92 Å². The van der Waals surface area contributed by atoms with Crippen molar-refractivity contribution in [3.63, 3.8) is 0 Å². The van der Waals surface area contributed by atoms with Crippen LogP contribution < -0.4 is 5.32 Å². The van der Waals surface area contributed by atoms with Crippen molar-refractivity contribution in [3.8, 4) is 0 Å². The van der Waals surface area contributed by atoms with E-state index >= 15 is 0 Å². The van der Waals surface area contributed by atoms with E-state index < -0.39 is 5.97 Å². The Kier molecular flexibility index (Phi) is 6.42. The molecule has 1 heterocycles. The van der Waals surface area contributed by atoms with Crippen LogP contribution in [0.2, 0.25) is 0 Å². The van der Waals surface area contributed by atoms with E-state index in [1.54, 1.807) is 12.3 Å². The van der Waals surface area contributed by atoms with Crippen molar-refractivity contribution in [2.45, 2.75) is 32.9 Å². The van der Waals surface area contributed by atoms with Gasteiger partial charge in [-0.25, -0.2) is 4.79 Å². The van der Waals surface area contributed by atoms with Crippen molar-refractivity contribution in [2.75, 3.05) is 20.6 Å². The van der Waals surface area contributed by atoms with Crippen LogP contribution in [0.5, 0.6) is 0 Å². The Hall–Kier alpha value is -1.82. The van der Waals surface area contributed by atoms with Gasteiger partial charge in [0, 0.05) is 18.8 Å². The summed E-state index contributed by atoms with van der Waals surface area (Å²) >= 11 is 0. The molecule has 2 N–H and O–H groups in total. The van der Waals surface area contributed by atoms with Crippen molar-refractivity contribution in [3.05, 3.63) is 24.0 Å². The summed E-state index contributed by atoms with van der Waals surface area (Å²) in [5, 5.41) is 12.0. The molecule has 1 aromatic heterocycles. The molecule has 0 aromatic carbocycles. The third kappa shape index (κ3) is 5.99. The Morgan fingerprint density at radius 1 is 1.38 bits per heavy atom. The summed E-state index contributed by atoms with van der Waals surface area (Å²) in [6.07, 6.45) is 2.49. The lowest BCUT2D eigenvalue weighted by atomic mass is 10.0. The molecule has 118 valence electrons. The van der Waals surface area contributed by atoms with Gasteiger partial charge in [0.2, 0.25) is 5.91 Å². The highest BCUT2D eigenvalue weighted by Crippen LogP contribution is 2.07. The Morgan fingerprint density at radius 2 is 2.05 bits per heavy atom. The highest BCUT2D eigenvalue weighted by Gasteiger charge is 2.17. The quantitative estimate of drug-likeness (QED) is 0.757. The molecule has 0 fully saturated rings. The minimum absolute atomic E-state index is 0.0245. The number of carbonyl (C=O) groups is 2. The lowest BCUT2D eigenvalue weighted by Gasteiger charge is -2.24. The largest absolute Gasteiger partial charge is 0.477 e. The molecule has 1 amide bonds. The molecule has 0 aliphatic rings. The van der Waals surface area contributed by atoms with Gasteiger partial charge in [-0.3, -0.25) is 4.79 Å². The summed E-state index contributed by atoms with van der Waals surface area (Å²) in [7, 11) is 3.93. The van der Waals surface area contributed by atoms with Gasteiger partial charge >= 0.3 is 5.97 Å². The number of carbonyl (C=O) groups excluding carboxylic acids is 1. The number of carboxylic acid groups (broad SMARTS) is 1. The number of likely N-dealkylation sites (N-methyl/N-ethyl adjacent to an activating group) is 1. The first-order valence-corrected chi connectivity index (χ1v) is 7.12. The van der Waals surface area contributed by atoms with Crippen LogP contribution in [-0.4, -0.2) is 53.1 Å². The van der Waals surface area contributed by atoms with E-state index in [-0.39, 0.29) is 24.2 Å². The summed E-state index contributed by atoms with van der Waals surface area (Å²) in [6.45, 7) is 5.02. The van der Waals surface area contributed by atoms with Gasteiger partial charge in [0.05, 0.1) is 0 Å². The number of carboxylic acids is 1. The second-order valence-corrected chi connectivity index (χ2v) is 5.98. The van der Waals surface area contributed by atoms with Gasteiger partial charge in [-0.2, -0.15) is 0 Å². The molecule has 6 nitrogen and oxygen atoms in total. The lowest BCUT2D eigenvalue weighted by Crippen LogP contribution is -2.43. The first-order valence-electron chi connectivity index (χ1n) is 7.12. The maximum atomic E-state index is 12.1. The summed E-state index contributed by atoms with van der Waals surface area (Å²) in [4.78, 5) is 25.2. The number of amides is 1. The van der Waals surface area contributed by atoms with Crippen molar-refractivity contribution < 1.29 is 14.7 Å². The molecular weight excluding hydrogens is 270 g/mol. The SMILES string of the molecule is CC(C)CC(CN(C)C)NC(=O)Cn1cccc1C(=O)O. The van der Waals surface area contributed by atoms with E-state index in [9.17, 15) is 9.59 Å². The molecule has 1 rings (SSSR count). The number of aromatic nitrogens is 1. The minimum Gasteiger partial charge on any atom is -0.477 e. The van der Waals surface area contributed by atoms with Gasteiger partial charge in [-0.05, 0) is 38.6 Å². The fraction of sp³-hybridized carbons (Fsp3) is 0.600. The average Bonchev–Trinajstić information content (AvgIpc) is 2.74. The molecule has 0 saturated heterocycles. The second kappa shape index (κ2) is 7.83. The number of hydrogen-bond acceptors (Lipinski definition) is 3. The van der Waals surface area contributed by atoms with Crippen molar-refractivity contribution in [1.29, 1.82) is 0 Å². The third-order valence-corrected chi connectivity index (χ3v) is 3.07. The number of nitrogens with zero attached hydrogens (tertiary/aromatic N) is 2. The number of nitrogens with one attached hydrogen (secondary N) is 1. The monoisotopic (exact) mass is 295 g/mol. The smallest absolute Gasteiger partial charge is 0.352 e. The number of hydrogen-bond donors (Lipinski definition) is 2. The van der Waals surface area contributed by atoms with E-state index in [4.69, 9.17) is 5.11 Å². The Bertz CT molecular complexity index is 470. The van der Waals surface area contributed by atoms with Crippen LogP contribution in [0.1, 0.15) is 30.8 Å². The molecule has 0 aliphatic carbocycles. The van der Waals surface area contributed by atoms with Crippen molar-refractivity contribution in [1.82, 2.24) is 14.8 Å².